The largest absolute Gasteiger partial charge is 0.494 e. The molecule has 0 saturated carbocycles. The molecule has 0 radical (unpaired) electrons. The predicted molar refractivity (Wildman–Crippen MR) is 85.2 cm³/mol. The lowest BCUT2D eigenvalue weighted by Gasteiger charge is -2.14. The molecule has 1 heterocycles. The fraction of sp³-hybridized carbons (Fsp3) is 0.286. The van der Waals surface area contributed by atoms with Crippen molar-refractivity contribution in [1.82, 2.24) is 5.32 Å². The van der Waals surface area contributed by atoms with Crippen LogP contribution in [0, 0.1) is 5.82 Å². The molecule has 2 nitrogen and oxygen atoms in total. The van der Waals surface area contributed by atoms with E-state index in [0.717, 1.165) is 19.2 Å². The third-order valence-corrected chi connectivity index (χ3v) is 5.43. The SMILES string of the molecule is COc1ccc(C(C)NCc2cc(Br)c(Cl)s2)cc1F. The summed E-state index contributed by atoms with van der Waals surface area (Å²) in [5.74, 6) is -0.0875. The van der Waals surface area contributed by atoms with Crippen LogP contribution in [0.1, 0.15) is 23.4 Å². The first-order chi connectivity index (χ1) is 9.51. The third kappa shape index (κ3) is 3.73. The highest BCUT2D eigenvalue weighted by atomic mass is 79.9. The van der Waals surface area contributed by atoms with Crippen molar-refractivity contribution in [2.24, 2.45) is 0 Å². The average Bonchev–Trinajstić information content (AvgIpc) is 2.75. The summed E-state index contributed by atoms with van der Waals surface area (Å²) in [4.78, 5) is 1.13. The van der Waals surface area contributed by atoms with E-state index < -0.39 is 0 Å². The van der Waals surface area contributed by atoms with Crippen molar-refractivity contribution in [3.63, 3.8) is 0 Å². The fourth-order valence-electron chi connectivity index (χ4n) is 1.80. The van der Waals surface area contributed by atoms with Gasteiger partial charge in [0.15, 0.2) is 11.6 Å². The Morgan fingerprint density at radius 3 is 2.75 bits per heavy atom. The van der Waals surface area contributed by atoms with Crippen LogP contribution in [-0.2, 0) is 6.54 Å². The van der Waals surface area contributed by atoms with Gasteiger partial charge in [0.25, 0.3) is 0 Å². The number of methoxy groups -OCH3 is 1. The molecule has 6 heteroatoms. The summed E-state index contributed by atoms with van der Waals surface area (Å²) in [6.07, 6.45) is 0. The van der Waals surface area contributed by atoms with Crippen molar-refractivity contribution in [2.45, 2.75) is 19.5 Å². The molecule has 1 aromatic carbocycles. The maximum Gasteiger partial charge on any atom is 0.165 e. The molecule has 1 N–H and O–H groups in total. The first-order valence-corrected chi connectivity index (χ1v) is 8.00. The van der Waals surface area contributed by atoms with Gasteiger partial charge in [0, 0.05) is 21.9 Å². The lowest BCUT2D eigenvalue weighted by molar-refractivity contribution is 0.385. The fourth-order valence-corrected chi connectivity index (χ4v) is 3.54. The van der Waals surface area contributed by atoms with E-state index in [1.807, 2.05) is 19.1 Å². The summed E-state index contributed by atoms with van der Waals surface area (Å²) >= 11 is 10.9. The van der Waals surface area contributed by atoms with Crippen molar-refractivity contribution in [3.8, 4) is 5.75 Å². The number of ether oxygens (including phenoxy) is 1. The minimum absolute atomic E-state index is 0.0371. The number of benzene rings is 1. The van der Waals surface area contributed by atoms with Crippen molar-refractivity contribution in [1.29, 1.82) is 0 Å². The molecule has 108 valence electrons. The molecule has 0 aliphatic carbocycles. The Balaban J connectivity index is 2.01. The number of nitrogens with one attached hydrogen (secondary N) is 1. The Labute approximate surface area is 135 Å². The standard InChI is InChI=1S/C14H14BrClFNOS/c1-8(9-3-4-13(19-2)12(17)5-9)18-7-10-6-11(15)14(16)20-10/h3-6,8,18H,7H2,1-2H3. The molecular formula is C14H14BrClFNOS. The second-order valence-electron chi connectivity index (χ2n) is 4.33. The molecule has 0 amide bonds. The molecule has 1 atom stereocenters. The molecular weight excluding hydrogens is 365 g/mol. The molecule has 20 heavy (non-hydrogen) atoms. The highest BCUT2D eigenvalue weighted by Gasteiger charge is 2.10. The van der Waals surface area contributed by atoms with E-state index in [1.54, 1.807) is 6.07 Å². The summed E-state index contributed by atoms with van der Waals surface area (Å²) in [5, 5.41) is 3.34. The van der Waals surface area contributed by atoms with Gasteiger partial charge in [-0.2, -0.15) is 0 Å². The molecule has 0 saturated heterocycles. The quantitative estimate of drug-likeness (QED) is 0.775. The highest BCUT2D eigenvalue weighted by Crippen LogP contribution is 2.32. The highest BCUT2D eigenvalue weighted by molar-refractivity contribution is 9.10. The van der Waals surface area contributed by atoms with Crippen molar-refractivity contribution in [2.75, 3.05) is 7.11 Å². The molecule has 2 aromatic rings. The number of halogens is 3. The van der Waals surface area contributed by atoms with Gasteiger partial charge in [-0.3, -0.25) is 0 Å². The summed E-state index contributed by atoms with van der Waals surface area (Å²) in [6.45, 7) is 2.68. The number of hydrogen-bond acceptors (Lipinski definition) is 3. The summed E-state index contributed by atoms with van der Waals surface area (Å²) in [5.41, 5.74) is 0.880. The zero-order valence-electron chi connectivity index (χ0n) is 11.0. The molecule has 0 bridgehead atoms. The maximum atomic E-state index is 13.7. The van der Waals surface area contributed by atoms with Crippen LogP contribution in [0.5, 0.6) is 5.75 Å². The zero-order chi connectivity index (χ0) is 14.7. The van der Waals surface area contributed by atoms with Crippen LogP contribution in [0.15, 0.2) is 28.7 Å². The van der Waals surface area contributed by atoms with Crippen molar-refractivity contribution >= 4 is 38.9 Å². The van der Waals surface area contributed by atoms with Crippen LogP contribution in [0.3, 0.4) is 0 Å². The molecule has 0 aliphatic rings. The third-order valence-electron chi connectivity index (χ3n) is 2.95. The second-order valence-corrected chi connectivity index (χ2v) is 6.92. The Kier molecular flexibility index (Phi) is 5.43. The topological polar surface area (TPSA) is 21.3 Å². The maximum absolute atomic E-state index is 13.7. The Morgan fingerprint density at radius 1 is 1.45 bits per heavy atom. The van der Waals surface area contributed by atoms with Gasteiger partial charge in [0.05, 0.1) is 7.11 Å². The van der Waals surface area contributed by atoms with E-state index in [-0.39, 0.29) is 17.6 Å². The van der Waals surface area contributed by atoms with E-state index in [2.05, 4.69) is 21.2 Å². The summed E-state index contributed by atoms with van der Waals surface area (Å²) < 4.78 is 20.2. The normalized spacial score (nSPS) is 12.4. The van der Waals surface area contributed by atoms with Crippen LogP contribution in [0.4, 0.5) is 4.39 Å². The Morgan fingerprint density at radius 2 is 2.20 bits per heavy atom. The van der Waals surface area contributed by atoms with Gasteiger partial charge in [-0.15, -0.1) is 11.3 Å². The second kappa shape index (κ2) is 6.89. The smallest absolute Gasteiger partial charge is 0.165 e. The minimum Gasteiger partial charge on any atom is -0.494 e. The van der Waals surface area contributed by atoms with Crippen molar-refractivity contribution < 1.29 is 9.13 Å². The minimum atomic E-state index is -0.347. The van der Waals surface area contributed by atoms with E-state index in [9.17, 15) is 4.39 Å². The molecule has 1 unspecified atom stereocenters. The number of thiophene rings is 1. The average molecular weight is 379 g/mol. The summed E-state index contributed by atoms with van der Waals surface area (Å²) in [7, 11) is 1.46. The van der Waals surface area contributed by atoms with E-state index >= 15 is 0 Å². The lowest BCUT2D eigenvalue weighted by atomic mass is 10.1. The van der Waals surface area contributed by atoms with Crippen molar-refractivity contribution in [3.05, 3.63) is 49.3 Å². The zero-order valence-corrected chi connectivity index (χ0v) is 14.2. The predicted octanol–water partition coefficient (Wildman–Crippen LogP) is 5.16. The van der Waals surface area contributed by atoms with Gasteiger partial charge in [0.1, 0.15) is 4.34 Å². The first-order valence-electron chi connectivity index (χ1n) is 6.01. The lowest BCUT2D eigenvalue weighted by Crippen LogP contribution is -2.17. The Hall–Kier alpha value is -0.620. The van der Waals surface area contributed by atoms with Gasteiger partial charge in [-0.25, -0.2) is 4.39 Å². The van der Waals surface area contributed by atoms with E-state index in [4.69, 9.17) is 16.3 Å². The first kappa shape index (κ1) is 15.8. The molecule has 1 aromatic heterocycles. The van der Waals surface area contributed by atoms with Crippen LogP contribution < -0.4 is 10.1 Å². The summed E-state index contributed by atoms with van der Waals surface area (Å²) in [6, 6.07) is 7.02. The monoisotopic (exact) mass is 377 g/mol. The molecule has 0 spiro atoms. The van der Waals surface area contributed by atoms with Gasteiger partial charge < -0.3 is 10.1 Å². The van der Waals surface area contributed by atoms with Gasteiger partial charge in [0.2, 0.25) is 0 Å². The van der Waals surface area contributed by atoms with Crippen LogP contribution >= 0.6 is 38.9 Å². The van der Waals surface area contributed by atoms with Crippen LogP contribution in [-0.4, -0.2) is 7.11 Å². The Bertz CT molecular complexity index is 585. The van der Waals surface area contributed by atoms with Gasteiger partial charge in [-0.05, 0) is 46.6 Å². The van der Waals surface area contributed by atoms with E-state index in [1.165, 1.54) is 24.5 Å². The molecule has 0 fully saturated rings. The van der Waals surface area contributed by atoms with Gasteiger partial charge >= 0.3 is 0 Å². The number of hydrogen-bond donors (Lipinski definition) is 1. The van der Waals surface area contributed by atoms with E-state index in [0.29, 0.717) is 6.54 Å². The van der Waals surface area contributed by atoms with Gasteiger partial charge in [-0.1, -0.05) is 17.7 Å². The van der Waals surface area contributed by atoms with Crippen LogP contribution in [0.25, 0.3) is 0 Å². The number of rotatable bonds is 5. The van der Waals surface area contributed by atoms with Crippen LogP contribution in [0.2, 0.25) is 4.34 Å². The molecule has 0 aliphatic heterocycles. The molecule has 2 rings (SSSR count).